The molecule has 1 aromatic rings. The lowest BCUT2D eigenvalue weighted by Crippen LogP contribution is -2.40. The molecule has 2 amide bonds. The van der Waals surface area contributed by atoms with Crippen LogP contribution in [0.1, 0.15) is 25.3 Å². The summed E-state index contributed by atoms with van der Waals surface area (Å²) >= 11 is 0. The number of amides is 2. The lowest BCUT2D eigenvalue weighted by Gasteiger charge is -2.30. The minimum absolute atomic E-state index is 0.00817. The van der Waals surface area contributed by atoms with Gasteiger partial charge in [-0.2, -0.15) is 13.2 Å². The molecular formula is C15H16F3N2O2. The van der Waals surface area contributed by atoms with Crippen molar-refractivity contribution in [1.29, 1.82) is 0 Å². The molecule has 1 radical (unpaired) electrons. The molecule has 7 heteroatoms. The first-order valence-electron chi connectivity index (χ1n) is 6.92. The van der Waals surface area contributed by atoms with E-state index in [4.69, 9.17) is 0 Å². The van der Waals surface area contributed by atoms with Gasteiger partial charge in [0.2, 0.25) is 11.8 Å². The molecule has 1 aliphatic rings. The number of nitrogens with zero attached hydrogens (tertiary/aromatic N) is 1. The molecule has 0 bridgehead atoms. The van der Waals surface area contributed by atoms with Gasteiger partial charge in [0.1, 0.15) is 0 Å². The molecule has 1 heterocycles. The maximum atomic E-state index is 12.6. The molecule has 0 aliphatic carbocycles. The Morgan fingerprint density at radius 3 is 2.50 bits per heavy atom. The molecule has 0 spiro atoms. The number of carbonyl (C=O) groups is 2. The van der Waals surface area contributed by atoms with E-state index < -0.39 is 11.7 Å². The molecule has 4 nitrogen and oxygen atoms in total. The van der Waals surface area contributed by atoms with Gasteiger partial charge in [-0.25, -0.2) is 0 Å². The highest BCUT2D eigenvalue weighted by molar-refractivity contribution is 5.92. The summed E-state index contributed by atoms with van der Waals surface area (Å²) < 4.78 is 37.8. The number of benzene rings is 1. The van der Waals surface area contributed by atoms with Gasteiger partial charge in [-0.1, -0.05) is 6.07 Å². The molecule has 1 N–H and O–H groups in total. The monoisotopic (exact) mass is 313 g/mol. The molecule has 1 saturated heterocycles. The Kier molecular flexibility index (Phi) is 4.73. The van der Waals surface area contributed by atoms with E-state index >= 15 is 0 Å². The molecule has 0 aromatic heterocycles. The lowest BCUT2D eigenvalue weighted by atomic mass is 9.95. The van der Waals surface area contributed by atoms with Gasteiger partial charge in [0.25, 0.3) is 0 Å². The fraction of sp³-hybridized carbons (Fsp3) is 0.467. The second-order valence-electron chi connectivity index (χ2n) is 5.26. The largest absolute Gasteiger partial charge is 0.416 e. The minimum Gasteiger partial charge on any atom is -0.343 e. The third kappa shape index (κ3) is 3.99. The highest BCUT2D eigenvalue weighted by Gasteiger charge is 2.31. The van der Waals surface area contributed by atoms with Gasteiger partial charge in [-0.15, -0.1) is 0 Å². The number of alkyl halides is 3. The van der Waals surface area contributed by atoms with Crippen LogP contribution in [0.25, 0.3) is 0 Å². The van der Waals surface area contributed by atoms with E-state index in [1.807, 2.05) is 0 Å². The average Bonchev–Trinajstić information content (AvgIpc) is 2.46. The van der Waals surface area contributed by atoms with Crippen molar-refractivity contribution in [3.05, 3.63) is 29.8 Å². The van der Waals surface area contributed by atoms with E-state index in [2.05, 4.69) is 11.4 Å². The van der Waals surface area contributed by atoms with Crippen LogP contribution in [0.5, 0.6) is 0 Å². The second-order valence-corrected chi connectivity index (χ2v) is 5.26. The number of piperidine rings is 1. The number of rotatable bonds is 2. The van der Waals surface area contributed by atoms with Crippen LogP contribution in [0, 0.1) is 12.0 Å². The summed E-state index contributed by atoms with van der Waals surface area (Å²) in [6, 6.07) is 5.48. The molecule has 0 atom stereocenters. The number of nitrogens with one attached hydrogen (secondary N) is 1. The molecular weight excluding hydrogens is 297 g/mol. The summed E-state index contributed by atoms with van der Waals surface area (Å²) in [6.07, 6.45) is -3.45. The van der Waals surface area contributed by atoms with Crippen molar-refractivity contribution in [2.75, 3.05) is 18.4 Å². The highest BCUT2D eigenvalue weighted by Crippen LogP contribution is 2.30. The fourth-order valence-corrected chi connectivity index (χ4v) is 2.41. The summed E-state index contributed by atoms with van der Waals surface area (Å²) in [5, 5.41) is 2.47. The normalized spacial score (nSPS) is 16.5. The van der Waals surface area contributed by atoms with Crippen molar-refractivity contribution in [2.45, 2.75) is 25.9 Å². The van der Waals surface area contributed by atoms with E-state index in [0.29, 0.717) is 25.9 Å². The zero-order valence-corrected chi connectivity index (χ0v) is 12.0. The maximum Gasteiger partial charge on any atom is 0.416 e. The molecule has 1 aromatic carbocycles. The Bertz CT molecular complexity index is 564. The van der Waals surface area contributed by atoms with Gasteiger partial charge in [-0.3, -0.25) is 9.59 Å². The topological polar surface area (TPSA) is 49.4 Å². The Labute approximate surface area is 126 Å². The van der Waals surface area contributed by atoms with E-state index in [9.17, 15) is 22.8 Å². The minimum atomic E-state index is -4.46. The van der Waals surface area contributed by atoms with E-state index in [0.717, 1.165) is 18.2 Å². The van der Waals surface area contributed by atoms with Crippen molar-refractivity contribution in [2.24, 2.45) is 5.92 Å². The SMILES string of the molecule is CC(=O)N1CCC(C(=O)Nc2[c]ccc(C(F)(F)F)c2)CC1. The molecule has 0 saturated carbocycles. The third-order valence-electron chi connectivity index (χ3n) is 3.70. The zero-order valence-electron chi connectivity index (χ0n) is 12.0. The van der Waals surface area contributed by atoms with Crippen molar-refractivity contribution in [3.8, 4) is 0 Å². The van der Waals surface area contributed by atoms with Crippen LogP contribution < -0.4 is 5.32 Å². The average molecular weight is 313 g/mol. The summed E-state index contributed by atoms with van der Waals surface area (Å²) in [5.74, 6) is -0.678. The van der Waals surface area contributed by atoms with Crippen LogP contribution in [0.4, 0.5) is 18.9 Å². The molecule has 1 aliphatic heterocycles. The Hall–Kier alpha value is -2.05. The van der Waals surface area contributed by atoms with Crippen molar-refractivity contribution >= 4 is 17.5 Å². The number of halogens is 3. The Morgan fingerprint density at radius 2 is 1.95 bits per heavy atom. The second kappa shape index (κ2) is 6.37. The summed E-state index contributed by atoms with van der Waals surface area (Å²) in [7, 11) is 0. The van der Waals surface area contributed by atoms with Crippen molar-refractivity contribution in [3.63, 3.8) is 0 Å². The third-order valence-corrected chi connectivity index (χ3v) is 3.70. The van der Waals surface area contributed by atoms with Gasteiger partial charge in [0.05, 0.1) is 5.56 Å². The highest BCUT2D eigenvalue weighted by atomic mass is 19.4. The van der Waals surface area contributed by atoms with Crippen LogP contribution in [0.3, 0.4) is 0 Å². The van der Waals surface area contributed by atoms with Gasteiger partial charge in [0, 0.05) is 37.7 Å². The Morgan fingerprint density at radius 1 is 1.32 bits per heavy atom. The number of hydrogen-bond donors (Lipinski definition) is 1. The van der Waals surface area contributed by atoms with Crippen LogP contribution in [0.15, 0.2) is 18.2 Å². The summed E-state index contributed by atoms with van der Waals surface area (Å²) in [4.78, 5) is 25.0. The van der Waals surface area contributed by atoms with Gasteiger partial charge < -0.3 is 10.2 Å². The summed E-state index contributed by atoms with van der Waals surface area (Å²) in [5.41, 5.74) is -0.818. The maximum absolute atomic E-state index is 12.6. The van der Waals surface area contributed by atoms with E-state index in [1.54, 1.807) is 4.90 Å². The first kappa shape index (κ1) is 16.3. The quantitative estimate of drug-likeness (QED) is 0.912. The molecule has 0 unspecified atom stereocenters. The van der Waals surface area contributed by atoms with E-state index in [1.165, 1.54) is 6.92 Å². The summed E-state index contributed by atoms with van der Waals surface area (Å²) in [6.45, 7) is 2.44. The predicted octanol–water partition coefficient (Wildman–Crippen LogP) is 2.70. The van der Waals surface area contributed by atoms with Crippen molar-refractivity contribution in [1.82, 2.24) is 4.90 Å². The van der Waals surface area contributed by atoms with Crippen molar-refractivity contribution < 1.29 is 22.8 Å². The van der Waals surface area contributed by atoms with E-state index in [-0.39, 0.29) is 23.4 Å². The molecule has 1 fully saturated rings. The van der Waals surface area contributed by atoms with Gasteiger partial charge >= 0.3 is 6.18 Å². The van der Waals surface area contributed by atoms with Crippen LogP contribution >= 0.6 is 0 Å². The smallest absolute Gasteiger partial charge is 0.343 e. The van der Waals surface area contributed by atoms with Gasteiger partial charge in [-0.05, 0) is 25.0 Å². The fourth-order valence-electron chi connectivity index (χ4n) is 2.41. The zero-order chi connectivity index (χ0) is 16.3. The number of hydrogen-bond acceptors (Lipinski definition) is 2. The standard InChI is InChI=1S/C15H16F3N2O2/c1-10(21)20-7-5-11(6-8-20)14(22)19-13-4-2-3-12(9-13)15(16,17)18/h2-3,9,11H,5-8H2,1H3,(H,19,22). The lowest BCUT2D eigenvalue weighted by molar-refractivity contribution is -0.137. The molecule has 119 valence electrons. The Balaban J connectivity index is 1.97. The molecule has 22 heavy (non-hydrogen) atoms. The number of carbonyl (C=O) groups excluding carboxylic acids is 2. The first-order valence-corrected chi connectivity index (χ1v) is 6.92. The van der Waals surface area contributed by atoms with Crippen LogP contribution in [-0.2, 0) is 15.8 Å². The first-order chi connectivity index (χ1) is 10.3. The number of likely N-dealkylation sites (tertiary alicyclic amines) is 1. The van der Waals surface area contributed by atoms with Crippen LogP contribution in [-0.4, -0.2) is 29.8 Å². The van der Waals surface area contributed by atoms with Gasteiger partial charge in [0.15, 0.2) is 0 Å². The predicted molar refractivity (Wildman–Crippen MR) is 73.9 cm³/mol. The molecule has 2 rings (SSSR count). The number of anilines is 1. The van der Waals surface area contributed by atoms with Crippen LogP contribution in [0.2, 0.25) is 0 Å².